The normalized spacial score (nSPS) is 10.8. The third-order valence-corrected chi connectivity index (χ3v) is 7.44. The van der Waals surface area contributed by atoms with Gasteiger partial charge in [-0.05, 0) is 61.2 Å². The van der Waals surface area contributed by atoms with E-state index in [2.05, 4.69) is 46.3 Å². The molecule has 13 nitrogen and oxygen atoms in total. The van der Waals surface area contributed by atoms with E-state index < -0.39 is 0 Å². The zero-order chi connectivity index (χ0) is 30.6. The van der Waals surface area contributed by atoms with Crippen molar-refractivity contribution in [1.82, 2.24) is 40.4 Å². The van der Waals surface area contributed by atoms with Gasteiger partial charge in [-0.3, -0.25) is 14.6 Å². The molecule has 0 saturated heterocycles. The quantitative estimate of drug-likeness (QED) is 0.167. The van der Waals surface area contributed by atoms with E-state index in [9.17, 15) is 9.59 Å². The number of nitrogens with zero attached hydrogens (tertiary/aromatic N) is 8. The predicted molar refractivity (Wildman–Crippen MR) is 164 cm³/mol. The minimum atomic E-state index is -0.171. The van der Waals surface area contributed by atoms with Crippen LogP contribution in [-0.2, 0) is 41.8 Å². The molecule has 226 valence electrons. The number of unbranched alkanes of at least 4 members (excludes halogenated alkanes) is 1. The van der Waals surface area contributed by atoms with Crippen LogP contribution in [0.4, 0.5) is 10.9 Å². The summed E-state index contributed by atoms with van der Waals surface area (Å²) in [6, 6.07) is 16.9. The monoisotopic (exact) mass is 612 g/mol. The SMILES string of the molecule is COc1ccc(Cn2cc(CCC(=O)Nc3ccc(CCCCc4nnc(NC(=O)Cc5ccccn5)s4)nn3)nn2)cc1. The summed E-state index contributed by atoms with van der Waals surface area (Å²) in [5.41, 5.74) is 3.36. The van der Waals surface area contributed by atoms with Gasteiger partial charge in [0.2, 0.25) is 16.9 Å². The zero-order valence-electron chi connectivity index (χ0n) is 24.2. The van der Waals surface area contributed by atoms with Crippen molar-refractivity contribution in [1.29, 1.82) is 0 Å². The number of nitrogens with one attached hydrogen (secondary N) is 2. The number of benzene rings is 1. The van der Waals surface area contributed by atoms with Gasteiger partial charge in [0, 0.05) is 37.4 Å². The number of amides is 2. The van der Waals surface area contributed by atoms with Gasteiger partial charge in [-0.2, -0.15) is 5.10 Å². The first-order valence-electron chi connectivity index (χ1n) is 14.2. The van der Waals surface area contributed by atoms with Crippen molar-refractivity contribution in [2.45, 2.75) is 51.5 Å². The minimum Gasteiger partial charge on any atom is -0.497 e. The Hall–Kier alpha value is -5.11. The van der Waals surface area contributed by atoms with Crippen LogP contribution in [0.25, 0.3) is 0 Å². The summed E-state index contributed by atoms with van der Waals surface area (Å²) in [6.45, 7) is 0.585. The van der Waals surface area contributed by atoms with Crippen molar-refractivity contribution in [2.24, 2.45) is 0 Å². The van der Waals surface area contributed by atoms with E-state index in [-0.39, 0.29) is 24.7 Å². The van der Waals surface area contributed by atoms with Crippen LogP contribution < -0.4 is 15.4 Å². The Morgan fingerprint density at radius 3 is 2.45 bits per heavy atom. The summed E-state index contributed by atoms with van der Waals surface area (Å²) >= 11 is 1.38. The number of hydrogen-bond acceptors (Lipinski definition) is 11. The number of ether oxygens (including phenoxy) is 1. The molecule has 0 saturated carbocycles. The standard InChI is InChI=1S/C30H32N10O3S/c1-43-25-13-9-21(10-14-25)19-40-20-24(35-39-40)12-16-27(41)32-26-15-11-22(34-36-26)6-2-3-8-29-37-38-30(44-29)33-28(42)18-23-7-4-5-17-31-23/h4-5,7,9-11,13-15,17,20H,2-3,6,8,12,16,18-19H2,1H3,(H,32,36,41)(H,33,38,42). The summed E-state index contributed by atoms with van der Waals surface area (Å²) in [7, 11) is 1.64. The van der Waals surface area contributed by atoms with E-state index in [1.165, 1.54) is 11.3 Å². The Balaban J connectivity index is 0.970. The molecule has 0 unspecified atom stereocenters. The van der Waals surface area contributed by atoms with Crippen LogP contribution in [0.5, 0.6) is 5.75 Å². The van der Waals surface area contributed by atoms with E-state index in [0.29, 0.717) is 29.6 Å². The van der Waals surface area contributed by atoms with Gasteiger partial charge in [0.25, 0.3) is 0 Å². The van der Waals surface area contributed by atoms with Gasteiger partial charge in [0.05, 0.1) is 31.5 Å². The number of rotatable bonds is 15. The van der Waals surface area contributed by atoms with Crippen LogP contribution in [0.2, 0.25) is 0 Å². The fraction of sp³-hybridized carbons (Fsp3) is 0.300. The summed E-state index contributed by atoms with van der Waals surface area (Å²) in [4.78, 5) is 28.8. The third kappa shape index (κ3) is 9.46. The predicted octanol–water partition coefficient (Wildman–Crippen LogP) is 3.69. The number of carbonyl (C=O) groups is 2. The van der Waals surface area contributed by atoms with Crippen molar-refractivity contribution in [3.63, 3.8) is 0 Å². The maximum Gasteiger partial charge on any atom is 0.232 e. The average Bonchev–Trinajstić information content (AvgIpc) is 3.69. The topological polar surface area (TPSA) is 163 Å². The molecule has 0 bridgehead atoms. The molecule has 0 aliphatic rings. The molecule has 0 fully saturated rings. The Labute approximate surface area is 258 Å². The van der Waals surface area contributed by atoms with E-state index in [4.69, 9.17) is 4.74 Å². The van der Waals surface area contributed by atoms with Gasteiger partial charge in [-0.1, -0.05) is 34.7 Å². The molecule has 0 radical (unpaired) electrons. The Morgan fingerprint density at radius 1 is 0.818 bits per heavy atom. The number of hydrogen-bond donors (Lipinski definition) is 2. The highest BCUT2D eigenvalue weighted by Crippen LogP contribution is 2.18. The number of aryl methyl sites for hydroxylation is 3. The molecule has 4 heterocycles. The lowest BCUT2D eigenvalue weighted by Crippen LogP contribution is -2.14. The highest BCUT2D eigenvalue weighted by molar-refractivity contribution is 7.15. The first-order valence-corrected chi connectivity index (χ1v) is 15.0. The van der Waals surface area contributed by atoms with Gasteiger partial charge in [0.1, 0.15) is 10.8 Å². The second-order valence-electron chi connectivity index (χ2n) is 9.97. The van der Waals surface area contributed by atoms with E-state index in [1.54, 1.807) is 24.1 Å². The Bertz CT molecular complexity index is 1640. The highest BCUT2D eigenvalue weighted by atomic mass is 32.1. The van der Waals surface area contributed by atoms with Crippen molar-refractivity contribution in [3.8, 4) is 5.75 Å². The largest absolute Gasteiger partial charge is 0.497 e. The molecule has 4 aromatic heterocycles. The molecule has 0 aliphatic carbocycles. The second kappa shape index (κ2) is 15.4. The molecular weight excluding hydrogens is 580 g/mol. The molecule has 14 heteroatoms. The molecular formula is C30H32N10O3S. The van der Waals surface area contributed by atoms with Crippen LogP contribution in [-0.4, -0.2) is 59.3 Å². The zero-order valence-corrected chi connectivity index (χ0v) is 25.0. The van der Waals surface area contributed by atoms with Crippen molar-refractivity contribution in [2.75, 3.05) is 17.7 Å². The van der Waals surface area contributed by atoms with Crippen LogP contribution in [0.3, 0.4) is 0 Å². The lowest BCUT2D eigenvalue weighted by molar-refractivity contribution is -0.116. The van der Waals surface area contributed by atoms with Crippen LogP contribution in [0, 0.1) is 0 Å². The lowest BCUT2D eigenvalue weighted by Gasteiger charge is -2.04. The molecule has 5 aromatic rings. The van der Waals surface area contributed by atoms with Crippen molar-refractivity contribution >= 4 is 34.1 Å². The van der Waals surface area contributed by atoms with Crippen LogP contribution in [0.1, 0.15) is 46.9 Å². The maximum absolute atomic E-state index is 12.4. The summed E-state index contributed by atoms with van der Waals surface area (Å²) < 4.78 is 6.93. The van der Waals surface area contributed by atoms with Crippen molar-refractivity contribution in [3.05, 3.63) is 94.6 Å². The summed E-state index contributed by atoms with van der Waals surface area (Å²) in [5.74, 6) is 0.876. The molecule has 44 heavy (non-hydrogen) atoms. The molecule has 5 rings (SSSR count). The van der Waals surface area contributed by atoms with Gasteiger partial charge >= 0.3 is 0 Å². The Kier molecular flexibility index (Phi) is 10.6. The van der Waals surface area contributed by atoms with Crippen molar-refractivity contribution < 1.29 is 14.3 Å². The van der Waals surface area contributed by atoms with Crippen LogP contribution >= 0.6 is 11.3 Å². The first kappa shape index (κ1) is 30.4. The first-order chi connectivity index (χ1) is 21.5. The number of anilines is 2. The maximum atomic E-state index is 12.4. The number of aromatic nitrogens is 8. The van der Waals surface area contributed by atoms with Crippen LogP contribution in [0.15, 0.2) is 67.0 Å². The molecule has 0 spiro atoms. The number of carbonyl (C=O) groups excluding carboxylic acids is 2. The molecule has 2 amide bonds. The highest BCUT2D eigenvalue weighted by Gasteiger charge is 2.11. The van der Waals surface area contributed by atoms with Gasteiger partial charge in [-0.15, -0.1) is 20.4 Å². The fourth-order valence-electron chi connectivity index (χ4n) is 4.27. The van der Waals surface area contributed by atoms with E-state index in [1.807, 2.05) is 54.7 Å². The molecule has 2 N–H and O–H groups in total. The second-order valence-corrected chi connectivity index (χ2v) is 11.0. The van der Waals surface area contributed by atoms with Gasteiger partial charge < -0.3 is 15.4 Å². The number of pyridine rings is 1. The molecule has 0 aliphatic heterocycles. The van der Waals surface area contributed by atoms with Gasteiger partial charge in [0.15, 0.2) is 5.82 Å². The van der Waals surface area contributed by atoms with E-state index >= 15 is 0 Å². The molecule has 0 atom stereocenters. The lowest BCUT2D eigenvalue weighted by atomic mass is 10.1. The summed E-state index contributed by atoms with van der Waals surface area (Å²) in [5, 5.41) is 31.9. The average molecular weight is 613 g/mol. The smallest absolute Gasteiger partial charge is 0.232 e. The molecule has 1 aromatic carbocycles. The third-order valence-electron chi connectivity index (χ3n) is 6.54. The Morgan fingerprint density at radius 2 is 1.68 bits per heavy atom. The van der Waals surface area contributed by atoms with Gasteiger partial charge in [-0.25, -0.2) is 4.68 Å². The summed E-state index contributed by atoms with van der Waals surface area (Å²) in [6.07, 6.45) is 7.70. The minimum absolute atomic E-state index is 0.166. The van der Waals surface area contributed by atoms with E-state index in [0.717, 1.165) is 53.4 Å². The number of methoxy groups -OCH3 is 1. The fourth-order valence-corrected chi connectivity index (χ4v) is 5.07.